The van der Waals surface area contributed by atoms with Gasteiger partial charge in [-0.3, -0.25) is 9.69 Å². The summed E-state index contributed by atoms with van der Waals surface area (Å²) in [6.07, 6.45) is 2.95. The molecule has 6 unspecified atom stereocenters. The molecule has 6 atom stereocenters. The molecule has 4 heterocycles. The highest BCUT2D eigenvalue weighted by molar-refractivity contribution is 5.96. The first kappa shape index (κ1) is 16.0. The van der Waals surface area contributed by atoms with Gasteiger partial charge in [-0.05, 0) is 42.5 Å². The number of rotatable bonds is 1. The number of fused-ring (bicyclic) bond motifs is 2. The van der Waals surface area contributed by atoms with Crippen LogP contribution in [-0.2, 0) is 14.9 Å². The summed E-state index contributed by atoms with van der Waals surface area (Å²) in [6, 6.07) is 6.47. The molecule has 6 nitrogen and oxygen atoms in total. The summed E-state index contributed by atoms with van der Waals surface area (Å²) in [6.45, 7) is 3.57. The summed E-state index contributed by atoms with van der Waals surface area (Å²) in [4.78, 5) is 17.4. The van der Waals surface area contributed by atoms with Crippen LogP contribution in [0, 0.1) is 11.8 Å². The standard InChI is InChI=1S/C21H24N2O4/c1-11(24)23-16-7-13(26-2)3-4-15(16)21-5-6-22-9-12-10-27-20(25)18(19(21)23)14(12)8-17(21)22/h3-4,7,10,14,17-20,25H,5-6,8-9H2,1-2H3. The molecule has 0 radical (unpaired) electrons. The van der Waals surface area contributed by atoms with E-state index in [1.54, 1.807) is 20.3 Å². The Morgan fingerprint density at radius 1 is 1.41 bits per heavy atom. The zero-order valence-electron chi connectivity index (χ0n) is 15.6. The first-order valence-corrected chi connectivity index (χ1v) is 9.81. The summed E-state index contributed by atoms with van der Waals surface area (Å²) >= 11 is 0. The number of piperidine rings is 1. The summed E-state index contributed by atoms with van der Waals surface area (Å²) in [5.74, 6) is 0.968. The lowest BCUT2D eigenvalue weighted by atomic mass is 9.55. The van der Waals surface area contributed by atoms with Gasteiger partial charge in [-0.25, -0.2) is 0 Å². The fourth-order valence-electron chi connectivity index (χ4n) is 6.93. The molecule has 6 rings (SSSR count). The summed E-state index contributed by atoms with van der Waals surface area (Å²) in [5, 5.41) is 10.8. The molecule has 142 valence electrons. The lowest BCUT2D eigenvalue weighted by Crippen LogP contribution is -2.67. The van der Waals surface area contributed by atoms with Crippen LogP contribution >= 0.6 is 0 Å². The molecule has 2 saturated heterocycles. The molecule has 3 fully saturated rings. The van der Waals surface area contributed by atoms with Gasteiger partial charge >= 0.3 is 0 Å². The van der Waals surface area contributed by atoms with Gasteiger partial charge in [-0.1, -0.05) is 6.07 Å². The Morgan fingerprint density at radius 3 is 3.04 bits per heavy atom. The Morgan fingerprint density at radius 2 is 2.26 bits per heavy atom. The number of amides is 1. The highest BCUT2D eigenvalue weighted by Crippen LogP contribution is 2.64. The van der Waals surface area contributed by atoms with E-state index in [1.165, 1.54) is 11.1 Å². The Labute approximate surface area is 158 Å². The predicted octanol–water partition coefficient (Wildman–Crippen LogP) is 1.62. The molecule has 1 aliphatic carbocycles. The van der Waals surface area contributed by atoms with E-state index >= 15 is 0 Å². The minimum Gasteiger partial charge on any atom is -0.497 e. The van der Waals surface area contributed by atoms with Crippen LogP contribution in [0.1, 0.15) is 25.3 Å². The fourth-order valence-corrected chi connectivity index (χ4v) is 6.93. The number of nitrogens with zero attached hydrogens (tertiary/aromatic N) is 2. The molecular formula is C21H24N2O4. The van der Waals surface area contributed by atoms with Gasteiger partial charge < -0.3 is 19.5 Å². The van der Waals surface area contributed by atoms with E-state index in [0.29, 0.717) is 6.04 Å². The highest BCUT2D eigenvalue weighted by Gasteiger charge is 2.69. The number of ether oxygens (including phenoxy) is 2. The minimum atomic E-state index is -0.869. The third-order valence-electron chi connectivity index (χ3n) is 7.82. The van der Waals surface area contributed by atoms with Gasteiger partial charge in [0.25, 0.3) is 0 Å². The van der Waals surface area contributed by atoms with Crippen molar-refractivity contribution in [2.45, 2.75) is 43.6 Å². The minimum absolute atomic E-state index is 0.0214. The second-order valence-electron chi connectivity index (χ2n) is 8.63. The smallest absolute Gasteiger partial charge is 0.224 e. The van der Waals surface area contributed by atoms with Crippen molar-refractivity contribution in [2.24, 2.45) is 11.8 Å². The molecular weight excluding hydrogens is 344 g/mol. The van der Waals surface area contributed by atoms with Gasteiger partial charge in [0.15, 0.2) is 0 Å². The Kier molecular flexibility index (Phi) is 2.99. The Hall–Kier alpha value is -2.05. The summed E-state index contributed by atoms with van der Waals surface area (Å²) in [5.41, 5.74) is 3.32. The Balaban J connectivity index is 1.63. The largest absolute Gasteiger partial charge is 0.497 e. The van der Waals surface area contributed by atoms with Crippen molar-refractivity contribution in [2.75, 3.05) is 25.1 Å². The molecule has 5 aliphatic rings. The van der Waals surface area contributed by atoms with Crippen LogP contribution in [0.4, 0.5) is 5.69 Å². The zero-order valence-corrected chi connectivity index (χ0v) is 15.6. The number of carbonyl (C=O) groups excluding carboxylic acids is 1. The first-order chi connectivity index (χ1) is 13.1. The van der Waals surface area contributed by atoms with E-state index in [4.69, 9.17) is 9.47 Å². The SMILES string of the molecule is COc1ccc2c(c1)N(C(C)=O)C1C3C(O)OC=C4CN5CCC21C5CC43. The quantitative estimate of drug-likeness (QED) is 0.816. The van der Waals surface area contributed by atoms with Crippen LogP contribution in [-0.4, -0.2) is 54.5 Å². The van der Waals surface area contributed by atoms with Gasteiger partial charge in [0.05, 0.1) is 25.1 Å². The number of benzene rings is 1. The normalized spacial score (nSPS) is 40.8. The van der Waals surface area contributed by atoms with Gasteiger partial charge in [0.2, 0.25) is 12.2 Å². The van der Waals surface area contributed by atoms with Crippen LogP contribution in [0.3, 0.4) is 0 Å². The number of methoxy groups -OCH3 is 1. The van der Waals surface area contributed by atoms with Crippen LogP contribution in [0.15, 0.2) is 30.0 Å². The molecule has 1 aromatic rings. The maximum atomic E-state index is 12.9. The van der Waals surface area contributed by atoms with Crippen molar-refractivity contribution in [3.8, 4) is 5.75 Å². The summed E-state index contributed by atoms with van der Waals surface area (Å²) < 4.78 is 11.1. The van der Waals surface area contributed by atoms with Crippen molar-refractivity contribution in [1.29, 1.82) is 0 Å². The lowest BCUT2D eigenvalue weighted by Gasteiger charge is -2.57. The molecule has 2 bridgehead atoms. The third-order valence-corrected chi connectivity index (χ3v) is 7.82. The van der Waals surface area contributed by atoms with Gasteiger partial charge in [0.1, 0.15) is 5.75 Å². The van der Waals surface area contributed by atoms with Crippen molar-refractivity contribution >= 4 is 11.6 Å². The third kappa shape index (κ3) is 1.72. The van der Waals surface area contributed by atoms with Crippen molar-refractivity contribution in [3.63, 3.8) is 0 Å². The van der Waals surface area contributed by atoms with Crippen molar-refractivity contribution in [3.05, 3.63) is 35.6 Å². The molecule has 1 aromatic carbocycles. The number of anilines is 1. The lowest BCUT2D eigenvalue weighted by molar-refractivity contribution is -0.154. The first-order valence-electron chi connectivity index (χ1n) is 9.81. The predicted molar refractivity (Wildman–Crippen MR) is 98.4 cm³/mol. The maximum Gasteiger partial charge on any atom is 0.224 e. The number of hydrogen-bond donors (Lipinski definition) is 1. The average Bonchev–Trinajstić information content (AvgIpc) is 3.19. The van der Waals surface area contributed by atoms with Crippen molar-refractivity contribution < 1.29 is 19.4 Å². The molecule has 27 heavy (non-hydrogen) atoms. The molecule has 0 aromatic heterocycles. The average molecular weight is 368 g/mol. The van der Waals surface area contributed by atoms with E-state index in [0.717, 1.165) is 37.4 Å². The van der Waals surface area contributed by atoms with Gasteiger partial charge in [0, 0.05) is 36.9 Å². The van der Waals surface area contributed by atoms with E-state index in [2.05, 4.69) is 11.0 Å². The van der Waals surface area contributed by atoms with Crippen LogP contribution in [0.2, 0.25) is 0 Å². The summed E-state index contributed by atoms with van der Waals surface area (Å²) in [7, 11) is 1.65. The zero-order chi connectivity index (χ0) is 18.5. The van der Waals surface area contributed by atoms with Crippen LogP contribution in [0.25, 0.3) is 0 Å². The van der Waals surface area contributed by atoms with E-state index < -0.39 is 6.29 Å². The molecule has 1 amide bonds. The topological polar surface area (TPSA) is 62.2 Å². The Bertz CT molecular complexity index is 883. The van der Waals surface area contributed by atoms with Crippen LogP contribution < -0.4 is 9.64 Å². The molecule has 1 spiro atoms. The van der Waals surface area contributed by atoms with Crippen LogP contribution in [0.5, 0.6) is 5.75 Å². The number of hydrogen-bond acceptors (Lipinski definition) is 5. The number of aliphatic hydroxyl groups is 1. The van der Waals surface area contributed by atoms with E-state index in [9.17, 15) is 9.90 Å². The van der Waals surface area contributed by atoms with Crippen molar-refractivity contribution in [1.82, 2.24) is 4.90 Å². The molecule has 6 heteroatoms. The van der Waals surface area contributed by atoms with E-state index in [-0.39, 0.29) is 29.2 Å². The molecule has 1 saturated carbocycles. The maximum absolute atomic E-state index is 12.9. The van der Waals surface area contributed by atoms with Gasteiger partial charge in [-0.2, -0.15) is 0 Å². The highest BCUT2D eigenvalue weighted by atomic mass is 16.6. The number of carbonyl (C=O) groups is 1. The monoisotopic (exact) mass is 368 g/mol. The van der Waals surface area contributed by atoms with Gasteiger partial charge in [-0.15, -0.1) is 0 Å². The van der Waals surface area contributed by atoms with E-state index in [1.807, 2.05) is 17.0 Å². The molecule has 1 N–H and O–H groups in total. The fraction of sp³-hybridized carbons (Fsp3) is 0.571. The number of aliphatic hydroxyl groups excluding tert-OH is 1. The molecule has 4 aliphatic heterocycles. The second-order valence-corrected chi connectivity index (χ2v) is 8.63. The second kappa shape index (κ2) is 5.06.